The summed E-state index contributed by atoms with van der Waals surface area (Å²) in [5, 5.41) is 3.15. The molecule has 0 spiro atoms. The quantitative estimate of drug-likeness (QED) is 0.627. The smallest absolute Gasteiger partial charge is 0.261 e. The zero-order chi connectivity index (χ0) is 22.1. The first kappa shape index (κ1) is 22.7. The van der Waals surface area contributed by atoms with Gasteiger partial charge >= 0.3 is 0 Å². The minimum absolute atomic E-state index is 0.0923. The van der Waals surface area contributed by atoms with Gasteiger partial charge in [0.25, 0.3) is 5.91 Å². The second kappa shape index (κ2) is 11.4. The Morgan fingerprint density at radius 2 is 1.77 bits per heavy atom. The highest BCUT2D eigenvalue weighted by Gasteiger charge is 2.30. The minimum Gasteiger partial charge on any atom is -0.497 e. The molecule has 2 amide bonds. The first-order valence-electron chi connectivity index (χ1n) is 11.0. The highest BCUT2D eigenvalue weighted by atomic mass is 16.5. The third-order valence-electron chi connectivity index (χ3n) is 5.68. The van der Waals surface area contributed by atoms with Crippen molar-refractivity contribution in [1.29, 1.82) is 0 Å². The number of rotatable bonds is 10. The molecule has 31 heavy (non-hydrogen) atoms. The number of hydrogen-bond donors (Lipinski definition) is 1. The molecule has 166 valence electrons. The maximum atomic E-state index is 13.2. The normalized spacial score (nSPS) is 14.6. The van der Waals surface area contributed by atoms with Crippen LogP contribution < -0.4 is 14.8 Å². The minimum atomic E-state index is -0.557. The Morgan fingerprint density at radius 1 is 1.06 bits per heavy atom. The van der Waals surface area contributed by atoms with Gasteiger partial charge in [-0.05, 0) is 49.1 Å². The van der Waals surface area contributed by atoms with Crippen LogP contribution in [0.15, 0.2) is 54.6 Å². The lowest BCUT2D eigenvalue weighted by atomic mass is 10.1. The molecule has 1 aliphatic carbocycles. The van der Waals surface area contributed by atoms with Gasteiger partial charge in [0.05, 0.1) is 7.11 Å². The number of hydrogen-bond acceptors (Lipinski definition) is 4. The van der Waals surface area contributed by atoms with E-state index >= 15 is 0 Å². The molecule has 1 N–H and O–H groups in total. The van der Waals surface area contributed by atoms with Crippen molar-refractivity contribution in [2.75, 3.05) is 13.7 Å². The zero-order valence-electron chi connectivity index (χ0n) is 18.4. The predicted molar refractivity (Wildman–Crippen MR) is 120 cm³/mol. The number of carbonyl (C=O) groups excluding carboxylic acids is 2. The van der Waals surface area contributed by atoms with Crippen molar-refractivity contribution in [3.63, 3.8) is 0 Å². The van der Waals surface area contributed by atoms with Crippen LogP contribution in [0, 0.1) is 0 Å². The van der Waals surface area contributed by atoms with Gasteiger partial charge in [0.2, 0.25) is 5.91 Å². The maximum absolute atomic E-state index is 13.2. The van der Waals surface area contributed by atoms with Crippen molar-refractivity contribution in [3.8, 4) is 11.5 Å². The number of nitrogens with zero attached hydrogens (tertiary/aromatic N) is 1. The Kier molecular flexibility index (Phi) is 8.33. The van der Waals surface area contributed by atoms with Gasteiger partial charge in [0.1, 0.15) is 17.5 Å². The highest BCUT2D eigenvalue weighted by Crippen LogP contribution is 2.20. The first-order chi connectivity index (χ1) is 15.1. The average molecular weight is 425 g/mol. The summed E-state index contributed by atoms with van der Waals surface area (Å²) in [6.07, 6.45) is 4.81. The van der Waals surface area contributed by atoms with Crippen molar-refractivity contribution in [3.05, 3.63) is 60.2 Å². The number of ether oxygens (including phenoxy) is 2. The van der Waals surface area contributed by atoms with Gasteiger partial charge in [-0.3, -0.25) is 9.59 Å². The van der Waals surface area contributed by atoms with E-state index in [9.17, 15) is 9.59 Å². The second-order valence-corrected chi connectivity index (χ2v) is 7.89. The van der Waals surface area contributed by atoms with Crippen LogP contribution in [-0.2, 0) is 16.1 Å². The van der Waals surface area contributed by atoms with Gasteiger partial charge in [-0.15, -0.1) is 0 Å². The van der Waals surface area contributed by atoms with E-state index in [1.807, 2.05) is 61.5 Å². The summed E-state index contributed by atoms with van der Waals surface area (Å²) in [6, 6.07) is 16.4. The second-order valence-electron chi connectivity index (χ2n) is 7.89. The predicted octanol–water partition coefficient (Wildman–Crippen LogP) is 3.94. The van der Waals surface area contributed by atoms with Crippen LogP contribution >= 0.6 is 0 Å². The molecule has 2 aromatic rings. The van der Waals surface area contributed by atoms with Crippen molar-refractivity contribution in [2.45, 2.75) is 57.7 Å². The van der Waals surface area contributed by atoms with E-state index in [1.165, 1.54) is 0 Å². The molecule has 1 fully saturated rings. The zero-order valence-corrected chi connectivity index (χ0v) is 18.4. The molecule has 6 heteroatoms. The van der Waals surface area contributed by atoms with Crippen LogP contribution in [0.3, 0.4) is 0 Å². The lowest BCUT2D eigenvalue weighted by Gasteiger charge is -2.31. The molecule has 0 radical (unpaired) electrons. The van der Waals surface area contributed by atoms with Gasteiger partial charge in [0.15, 0.2) is 6.61 Å². The molecule has 0 heterocycles. The summed E-state index contributed by atoms with van der Waals surface area (Å²) in [5.74, 6) is 1.03. The summed E-state index contributed by atoms with van der Waals surface area (Å²) >= 11 is 0. The van der Waals surface area contributed by atoms with E-state index < -0.39 is 6.04 Å². The van der Waals surface area contributed by atoms with Crippen LogP contribution in [0.4, 0.5) is 0 Å². The van der Waals surface area contributed by atoms with Crippen LogP contribution in [0.2, 0.25) is 0 Å². The lowest BCUT2D eigenvalue weighted by Crippen LogP contribution is -2.52. The maximum Gasteiger partial charge on any atom is 0.261 e. The number of nitrogens with one attached hydrogen (secondary N) is 1. The Morgan fingerprint density at radius 3 is 2.45 bits per heavy atom. The molecule has 0 unspecified atom stereocenters. The summed E-state index contributed by atoms with van der Waals surface area (Å²) in [7, 11) is 1.61. The molecule has 0 aliphatic heterocycles. The van der Waals surface area contributed by atoms with Gasteiger partial charge in [-0.1, -0.05) is 50.1 Å². The molecule has 1 aliphatic rings. The Hall–Kier alpha value is -3.02. The number of benzene rings is 2. The average Bonchev–Trinajstić information content (AvgIpc) is 3.31. The van der Waals surface area contributed by atoms with Crippen molar-refractivity contribution >= 4 is 11.8 Å². The molecule has 2 aromatic carbocycles. The highest BCUT2D eigenvalue weighted by molar-refractivity contribution is 5.88. The fourth-order valence-electron chi connectivity index (χ4n) is 4.00. The van der Waals surface area contributed by atoms with E-state index in [0.717, 1.165) is 31.2 Å². The number of methoxy groups -OCH3 is 1. The fraction of sp³-hybridized carbons (Fsp3) is 0.440. The number of para-hydroxylation sites is 1. The number of carbonyl (C=O) groups is 2. The monoisotopic (exact) mass is 424 g/mol. The molecule has 1 atom stereocenters. The first-order valence-corrected chi connectivity index (χ1v) is 11.0. The van der Waals surface area contributed by atoms with E-state index in [0.29, 0.717) is 24.5 Å². The largest absolute Gasteiger partial charge is 0.497 e. The molecule has 3 rings (SSSR count). The van der Waals surface area contributed by atoms with Crippen molar-refractivity contribution < 1.29 is 19.1 Å². The lowest BCUT2D eigenvalue weighted by molar-refractivity contribution is -0.143. The van der Waals surface area contributed by atoms with Crippen molar-refractivity contribution in [1.82, 2.24) is 10.2 Å². The van der Waals surface area contributed by atoms with Crippen LogP contribution in [0.5, 0.6) is 11.5 Å². The fourth-order valence-corrected chi connectivity index (χ4v) is 4.00. The van der Waals surface area contributed by atoms with E-state index in [2.05, 4.69) is 5.32 Å². The van der Waals surface area contributed by atoms with E-state index in [-0.39, 0.29) is 24.5 Å². The SMILES string of the molecule is CC[C@H](C(=O)NC1CCCC1)N(Cc1cccc(OC)c1)C(=O)COc1ccccc1. The van der Waals surface area contributed by atoms with Gasteiger partial charge in [-0.25, -0.2) is 0 Å². The van der Waals surface area contributed by atoms with Gasteiger partial charge in [0, 0.05) is 12.6 Å². The summed E-state index contributed by atoms with van der Waals surface area (Å²) < 4.78 is 11.0. The third-order valence-corrected chi connectivity index (χ3v) is 5.68. The molecular formula is C25H32N2O4. The topological polar surface area (TPSA) is 67.9 Å². The van der Waals surface area contributed by atoms with Crippen LogP contribution in [0.1, 0.15) is 44.6 Å². The van der Waals surface area contributed by atoms with Crippen LogP contribution in [-0.4, -0.2) is 42.5 Å². The van der Waals surface area contributed by atoms with E-state index in [1.54, 1.807) is 12.0 Å². The molecule has 0 aromatic heterocycles. The third kappa shape index (κ3) is 6.48. The summed E-state index contributed by atoms with van der Waals surface area (Å²) in [5.41, 5.74) is 0.902. The molecule has 1 saturated carbocycles. The number of amides is 2. The Labute approximate surface area is 184 Å². The van der Waals surface area contributed by atoms with Gasteiger partial charge in [-0.2, -0.15) is 0 Å². The Bertz CT molecular complexity index is 850. The standard InChI is InChI=1S/C25H32N2O4/c1-3-23(25(29)26-20-11-7-8-12-20)27(17-19-10-9-15-22(16-19)30-2)24(28)18-31-21-13-5-4-6-14-21/h4-6,9-10,13-16,20,23H,3,7-8,11-12,17-18H2,1-2H3,(H,26,29)/t23-/m1/s1. The molecular weight excluding hydrogens is 392 g/mol. The van der Waals surface area contributed by atoms with Gasteiger partial charge < -0.3 is 19.7 Å². The van der Waals surface area contributed by atoms with Crippen molar-refractivity contribution in [2.24, 2.45) is 0 Å². The molecule has 6 nitrogen and oxygen atoms in total. The summed E-state index contributed by atoms with van der Waals surface area (Å²) in [6.45, 7) is 2.12. The Balaban J connectivity index is 1.76. The summed E-state index contributed by atoms with van der Waals surface area (Å²) in [4.78, 5) is 27.9. The molecule has 0 saturated heterocycles. The molecule has 0 bridgehead atoms. The van der Waals surface area contributed by atoms with E-state index in [4.69, 9.17) is 9.47 Å². The van der Waals surface area contributed by atoms with Crippen LogP contribution in [0.25, 0.3) is 0 Å².